The van der Waals surface area contributed by atoms with Gasteiger partial charge in [0.25, 0.3) is 0 Å². The number of hydrogen-bond donors (Lipinski definition) is 0. The Balaban J connectivity index is 2.32. The molecule has 1 aliphatic heterocycles. The molecule has 0 aliphatic carbocycles. The molecule has 1 aromatic carbocycles. The zero-order chi connectivity index (χ0) is 19.5. The van der Waals surface area contributed by atoms with E-state index in [9.17, 15) is 4.79 Å². The van der Waals surface area contributed by atoms with Crippen molar-refractivity contribution in [2.45, 2.75) is 17.6 Å². The maximum atomic E-state index is 12.9. The fourth-order valence-corrected chi connectivity index (χ4v) is 4.44. The van der Waals surface area contributed by atoms with Gasteiger partial charge in [-0.25, -0.2) is 0 Å². The first-order chi connectivity index (χ1) is 13.2. The van der Waals surface area contributed by atoms with Crippen molar-refractivity contribution < 1.29 is 23.7 Å². The van der Waals surface area contributed by atoms with Gasteiger partial charge in [0.15, 0.2) is 5.75 Å². The molecule has 0 saturated carbocycles. The fraction of sp³-hybridized carbons (Fsp3) is 0.632. The molecule has 0 radical (unpaired) electrons. The third-order valence-electron chi connectivity index (χ3n) is 3.98. The van der Waals surface area contributed by atoms with Crippen LogP contribution < -0.4 is 14.9 Å². The molecule has 1 heterocycles. The molecule has 1 aromatic rings. The number of ether oxygens (including phenoxy) is 5. The molecule has 0 fully saturated rings. The Morgan fingerprint density at radius 2 is 1.56 bits per heavy atom. The Bertz CT molecular complexity index is 653. The molecule has 0 aromatic heterocycles. The van der Waals surface area contributed by atoms with Gasteiger partial charge >= 0.3 is 0 Å². The van der Waals surface area contributed by atoms with E-state index in [2.05, 4.69) is 0 Å². The van der Waals surface area contributed by atoms with Crippen LogP contribution in [0.1, 0.15) is 11.1 Å². The highest BCUT2D eigenvalue weighted by Crippen LogP contribution is 2.33. The Hall–Kier alpha value is -0.930. The lowest BCUT2D eigenvalue weighted by molar-refractivity contribution is 0.0205. The average Bonchev–Trinajstić information content (AvgIpc) is 2.76. The molecule has 2 rings (SSSR count). The van der Waals surface area contributed by atoms with Gasteiger partial charge in [-0.15, -0.1) is 11.8 Å². The van der Waals surface area contributed by atoms with E-state index < -0.39 is 0 Å². The summed E-state index contributed by atoms with van der Waals surface area (Å²) in [6, 6.07) is 1.80. The molecule has 6 nitrogen and oxygen atoms in total. The first kappa shape index (κ1) is 22.4. The predicted octanol–water partition coefficient (Wildman–Crippen LogP) is 2.76. The predicted molar refractivity (Wildman–Crippen MR) is 110 cm³/mol. The lowest BCUT2D eigenvalue weighted by Crippen LogP contribution is -2.12. The van der Waals surface area contributed by atoms with Crippen molar-refractivity contribution in [3.63, 3.8) is 0 Å². The van der Waals surface area contributed by atoms with Crippen molar-refractivity contribution in [3.8, 4) is 11.5 Å². The molecular formula is C19H28O6S2. The maximum absolute atomic E-state index is 12.9. The Morgan fingerprint density at radius 3 is 2.19 bits per heavy atom. The molecule has 0 amide bonds. The first-order valence-electron chi connectivity index (χ1n) is 8.91. The number of rotatable bonds is 2. The zero-order valence-corrected chi connectivity index (χ0v) is 17.8. The van der Waals surface area contributed by atoms with Crippen molar-refractivity contribution in [1.82, 2.24) is 0 Å². The van der Waals surface area contributed by atoms with Crippen LogP contribution >= 0.6 is 23.5 Å². The summed E-state index contributed by atoms with van der Waals surface area (Å²) in [6.07, 6.45) is 0. The molecule has 8 heteroatoms. The zero-order valence-electron chi connectivity index (χ0n) is 16.2. The standard InChI is InChI=1S/C19H28O6S2/c1-14-18(22-3)15-12-16(21-2)17(20)19(14)27-11-9-25-7-5-23-4-6-24-8-10-26-13-15/h12H,4-11,13H2,1-3H3. The van der Waals surface area contributed by atoms with Crippen LogP contribution in [0.2, 0.25) is 0 Å². The summed E-state index contributed by atoms with van der Waals surface area (Å²) in [5, 5.41) is 0. The molecular weight excluding hydrogens is 388 g/mol. The topological polar surface area (TPSA) is 63.2 Å². The lowest BCUT2D eigenvalue weighted by atomic mass is 10.2. The van der Waals surface area contributed by atoms with Crippen LogP contribution in [0.15, 0.2) is 15.8 Å². The van der Waals surface area contributed by atoms with Crippen LogP contribution in [0.3, 0.4) is 0 Å². The second kappa shape index (κ2) is 12.5. The highest BCUT2D eigenvalue weighted by molar-refractivity contribution is 7.99. The smallest absolute Gasteiger partial charge is 0.234 e. The molecule has 0 spiro atoms. The third kappa shape index (κ3) is 6.87. The number of hydrogen-bond acceptors (Lipinski definition) is 8. The summed E-state index contributed by atoms with van der Waals surface area (Å²) in [6.45, 7) is 5.33. The summed E-state index contributed by atoms with van der Waals surface area (Å²) in [4.78, 5) is 13.5. The van der Waals surface area contributed by atoms with Crippen LogP contribution in [0.4, 0.5) is 0 Å². The van der Waals surface area contributed by atoms with Gasteiger partial charge in [-0.2, -0.15) is 11.8 Å². The molecule has 152 valence electrons. The lowest BCUT2D eigenvalue weighted by Gasteiger charge is -2.11. The normalized spacial score (nSPS) is 17.7. The van der Waals surface area contributed by atoms with Gasteiger partial charge in [0.1, 0.15) is 5.75 Å². The van der Waals surface area contributed by atoms with Gasteiger partial charge < -0.3 is 23.7 Å². The van der Waals surface area contributed by atoms with Crippen molar-refractivity contribution in [1.29, 1.82) is 0 Å². The summed E-state index contributed by atoms with van der Waals surface area (Å²) in [7, 11) is 3.16. The summed E-state index contributed by atoms with van der Waals surface area (Å²) >= 11 is 3.21. The van der Waals surface area contributed by atoms with E-state index in [4.69, 9.17) is 23.7 Å². The average molecular weight is 417 g/mol. The van der Waals surface area contributed by atoms with Crippen LogP contribution in [0.25, 0.3) is 0 Å². The van der Waals surface area contributed by atoms with Crippen molar-refractivity contribution in [2.75, 3.05) is 65.4 Å². The minimum atomic E-state index is -0.112. The van der Waals surface area contributed by atoms with Crippen LogP contribution in [0.5, 0.6) is 11.5 Å². The minimum absolute atomic E-state index is 0.112. The maximum Gasteiger partial charge on any atom is 0.234 e. The van der Waals surface area contributed by atoms with Crippen molar-refractivity contribution in [2.24, 2.45) is 0 Å². The first-order valence-corrected chi connectivity index (χ1v) is 11.1. The molecule has 0 N–H and O–H groups in total. The number of fused-ring (bicyclic) bond motifs is 3. The van der Waals surface area contributed by atoms with Crippen molar-refractivity contribution in [3.05, 3.63) is 27.4 Å². The molecule has 2 bridgehead atoms. The van der Waals surface area contributed by atoms with E-state index in [1.54, 1.807) is 24.9 Å². The number of thioether (sulfide) groups is 2. The SMILES string of the molecule is COc1c2cc(OC)c(=O)c(c1C)SCCOCCOCCOCCSC2. The van der Waals surface area contributed by atoms with Gasteiger partial charge in [0, 0.05) is 28.4 Å². The highest BCUT2D eigenvalue weighted by Gasteiger charge is 2.17. The summed E-state index contributed by atoms with van der Waals surface area (Å²) in [5.41, 5.74) is 1.67. The van der Waals surface area contributed by atoms with Gasteiger partial charge in [0.05, 0.1) is 58.8 Å². The molecule has 0 atom stereocenters. The Morgan fingerprint density at radius 1 is 0.926 bits per heavy atom. The quantitative estimate of drug-likeness (QED) is 0.729. The van der Waals surface area contributed by atoms with E-state index in [0.29, 0.717) is 61.8 Å². The van der Waals surface area contributed by atoms with E-state index in [-0.39, 0.29) is 5.43 Å². The fourth-order valence-electron chi connectivity index (χ4n) is 2.68. The third-order valence-corrected chi connectivity index (χ3v) is 6.10. The van der Waals surface area contributed by atoms with E-state index in [0.717, 1.165) is 22.6 Å². The van der Waals surface area contributed by atoms with Gasteiger partial charge in [-0.05, 0) is 13.0 Å². The van der Waals surface area contributed by atoms with E-state index in [1.165, 1.54) is 18.9 Å². The Kier molecular flexibility index (Phi) is 10.4. The van der Waals surface area contributed by atoms with Gasteiger partial charge in [0.2, 0.25) is 5.43 Å². The second-order valence-electron chi connectivity index (χ2n) is 5.79. The van der Waals surface area contributed by atoms with Crippen molar-refractivity contribution >= 4 is 23.5 Å². The van der Waals surface area contributed by atoms with Crippen LogP contribution in [-0.4, -0.2) is 65.4 Å². The Labute approximate surface area is 169 Å². The van der Waals surface area contributed by atoms with Crippen LogP contribution in [-0.2, 0) is 20.0 Å². The summed E-state index contributed by atoms with van der Waals surface area (Å²) < 4.78 is 27.7. The largest absolute Gasteiger partial charge is 0.496 e. The minimum Gasteiger partial charge on any atom is -0.496 e. The highest BCUT2D eigenvalue weighted by atomic mass is 32.2. The van der Waals surface area contributed by atoms with Gasteiger partial charge in [-0.1, -0.05) is 0 Å². The molecule has 0 saturated heterocycles. The summed E-state index contributed by atoms with van der Waals surface area (Å²) in [5.74, 6) is 3.30. The second-order valence-corrected chi connectivity index (χ2v) is 8.00. The molecule has 1 aliphatic rings. The van der Waals surface area contributed by atoms with Gasteiger partial charge in [-0.3, -0.25) is 4.79 Å². The van der Waals surface area contributed by atoms with E-state index in [1.807, 2.05) is 6.92 Å². The number of methoxy groups -OCH3 is 2. The molecule has 27 heavy (non-hydrogen) atoms. The molecule has 0 unspecified atom stereocenters. The van der Waals surface area contributed by atoms with Crippen LogP contribution in [0, 0.1) is 6.92 Å². The monoisotopic (exact) mass is 416 g/mol. The van der Waals surface area contributed by atoms with E-state index >= 15 is 0 Å².